The first kappa shape index (κ1) is 25.6. The number of rotatable bonds is 10. The minimum atomic E-state index is -3.71. The van der Waals surface area contributed by atoms with Crippen LogP contribution in [0.25, 0.3) is 0 Å². The van der Waals surface area contributed by atoms with E-state index in [1.165, 1.54) is 29.4 Å². The lowest BCUT2D eigenvalue weighted by Crippen LogP contribution is -2.31. The van der Waals surface area contributed by atoms with Crippen molar-refractivity contribution >= 4 is 39.1 Å². The van der Waals surface area contributed by atoms with Crippen LogP contribution >= 0.6 is 11.6 Å². The van der Waals surface area contributed by atoms with E-state index >= 15 is 0 Å². The maximum absolute atomic E-state index is 12.8. The number of amides is 2. The second-order valence-electron chi connectivity index (χ2n) is 7.01. The Morgan fingerprint density at radius 2 is 1.72 bits per heavy atom. The molecular formula is C22H28ClN3O5S. The van der Waals surface area contributed by atoms with Gasteiger partial charge in [-0.25, -0.2) is 8.42 Å². The van der Waals surface area contributed by atoms with Crippen molar-refractivity contribution in [1.82, 2.24) is 9.62 Å². The van der Waals surface area contributed by atoms with Crippen molar-refractivity contribution in [3.05, 3.63) is 53.1 Å². The molecule has 0 saturated carbocycles. The van der Waals surface area contributed by atoms with E-state index in [0.717, 1.165) is 5.56 Å². The van der Waals surface area contributed by atoms with Gasteiger partial charge in [0.25, 0.3) is 0 Å². The molecule has 0 aliphatic rings. The molecule has 2 N–H and O–H groups in total. The monoisotopic (exact) mass is 481 g/mol. The summed E-state index contributed by atoms with van der Waals surface area (Å²) in [6.45, 7) is 5.52. The largest absolute Gasteiger partial charge is 0.497 e. The summed E-state index contributed by atoms with van der Waals surface area (Å²) in [5, 5.41) is 5.62. The normalized spacial score (nSPS) is 12.3. The van der Waals surface area contributed by atoms with Crippen LogP contribution in [0, 0.1) is 0 Å². The lowest BCUT2D eigenvalue weighted by Gasteiger charge is -2.20. The number of halogens is 1. The number of benzene rings is 2. The molecule has 2 aromatic carbocycles. The highest BCUT2D eigenvalue weighted by molar-refractivity contribution is 7.89. The molecule has 2 aromatic rings. The molecule has 0 bridgehead atoms. The van der Waals surface area contributed by atoms with Crippen molar-refractivity contribution in [2.45, 2.75) is 38.1 Å². The van der Waals surface area contributed by atoms with Crippen LogP contribution in [-0.4, -0.2) is 44.7 Å². The molecular weight excluding hydrogens is 454 g/mol. The van der Waals surface area contributed by atoms with Crippen LogP contribution in [0.15, 0.2) is 47.4 Å². The fourth-order valence-corrected chi connectivity index (χ4v) is 4.84. The van der Waals surface area contributed by atoms with E-state index in [1.54, 1.807) is 45.2 Å². The van der Waals surface area contributed by atoms with E-state index in [4.69, 9.17) is 16.3 Å². The molecule has 1 atom stereocenters. The number of carbonyl (C=O) groups is 2. The quantitative estimate of drug-likeness (QED) is 0.539. The van der Waals surface area contributed by atoms with Crippen LogP contribution in [0.3, 0.4) is 0 Å². The number of hydrogen-bond donors (Lipinski definition) is 2. The van der Waals surface area contributed by atoms with Crippen LogP contribution in [0.2, 0.25) is 5.02 Å². The highest BCUT2D eigenvalue weighted by Gasteiger charge is 2.23. The second-order valence-corrected chi connectivity index (χ2v) is 9.35. The fraction of sp³-hybridized carbons (Fsp3) is 0.364. The SMILES string of the molecule is CCN(CC)S(=O)(=O)c1ccc(Cl)c(NC(=O)CC(NC(C)=O)c2ccc(OC)cc2)c1. The molecule has 2 rings (SSSR count). The Bertz CT molecular complexity index is 1050. The van der Waals surface area contributed by atoms with Gasteiger partial charge in [-0.15, -0.1) is 0 Å². The number of anilines is 1. The van der Waals surface area contributed by atoms with Gasteiger partial charge in [0, 0.05) is 20.0 Å². The maximum atomic E-state index is 12.8. The molecule has 0 aromatic heterocycles. The molecule has 0 heterocycles. The highest BCUT2D eigenvalue weighted by Crippen LogP contribution is 2.28. The minimum absolute atomic E-state index is 0.0365. The number of ether oxygens (including phenoxy) is 1. The van der Waals surface area contributed by atoms with Crippen molar-refractivity contribution in [3.63, 3.8) is 0 Å². The third kappa shape index (κ3) is 6.44. The molecule has 32 heavy (non-hydrogen) atoms. The zero-order valence-electron chi connectivity index (χ0n) is 18.5. The summed E-state index contributed by atoms with van der Waals surface area (Å²) in [5.41, 5.74) is 0.904. The van der Waals surface area contributed by atoms with Crippen molar-refractivity contribution in [2.75, 3.05) is 25.5 Å². The van der Waals surface area contributed by atoms with Crippen molar-refractivity contribution in [1.29, 1.82) is 0 Å². The molecule has 0 fully saturated rings. The van der Waals surface area contributed by atoms with Gasteiger partial charge in [-0.05, 0) is 35.9 Å². The summed E-state index contributed by atoms with van der Waals surface area (Å²) >= 11 is 6.20. The Labute approximate surface area is 193 Å². The van der Waals surface area contributed by atoms with E-state index in [9.17, 15) is 18.0 Å². The van der Waals surface area contributed by atoms with Crippen LogP contribution in [0.1, 0.15) is 38.8 Å². The van der Waals surface area contributed by atoms with Gasteiger partial charge < -0.3 is 15.4 Å². The molecule has 174 valence electrons. The molecule has 0 aliphatic carbocycles. The number of hydrogen-bond acceptors (Lipinski definition) is 5. The zero-order valence-corrected chi connectivity index (χ0v) is 20.1. The van der Waals surface area contributed by atoms with Crippen LogP contribution in [0.5, 0.6) is 5.75 Å². The van der Waals surface area contributed by atoms with Gasteiger partial charge in [0.05, 0.1) is 35.2 Å². The predicted octanol–water partition coefficient (Wildman–Crippen LogP) is 3.59. The summed E-state index contributed by atoms with van der Waals surface area (Å²) in [4.78, 5) is 24.5. The maximum Gasteiger partial charge on any atom is 0.243 e. The van der Waals surface area contributed by atoms with Gasteiger partial charge in [-0.2, -0.15) is 4.31 Å². The third-order valence-corrected chi connectivity index (χ3v) is 7.22. The number of nitrogens with zero attached hydrogens (tertiary/aromatic N) is 1. The van der Waals surface area contributed by atoms with Crippen LogP contribution in [0.4, 0.5) is 5.69 Å². The highest BCUT2D eigenvalue weighted by atomic mass is 35.5. The Balaban J connectivity index is 2.25. The first-order chi connectivity index (χ1) is 15.1. The summed E-state index contributed by atoms with van der Waals surface area (Å²) < 4.78 is 32.0. The average Bonchev–Trinajstić information content (AvgIpc) is 2.75. The zero-order chi connectivity index (χ0) is 23.9. The molecule has 0 aliphatic heterocycles. The van der Waals surface area contributed by atoms with Gasteiger partial charge in [0.15, 0.2) is 0 Å². The van der Waals surface area contributed by atoms with Gasteiger partial charge in [0.1, 0.15) is 5.75 Å². The molecule has 10 heteroatoms. The lowest BCUT2D eigenvalue weighted by atomic mass is 10.0. The van der Waals surface area contributed by atoms with E-state index < -0.39 is 22.0 Å². The van der Waals surface area contributed by atoms with Crippen molar-refractivity contribution in [3.8, 4) is 5.75 Å². The number of carbonyl (C=O) groups excluding carboxylic acids is 2. The standard InChI is InChI=1S/C22H28ClN3O5S/c1-5-26(6-2)32(29,30)18-11-12-19(23)21(13-18)25-22(28)14-20(24-15(3)27)16-7-9-17(31-4)10-8-16/h7-13,20H,5-6,14H2,1-4H3,(H,24,27)(H,25,28). The molecule has 2 amide bonds. The number of sulfonamides is 1. The lowest BCUT2D eigenvalue weighted by molar-refractivity contribution is -0.120. The first-order valence-electron chi connectivity index (χ1n) is 10.1. The van der Waals surface area contributed by atoms with Gasteiger partial charge in [-0.3, -0.25) is 9.59 Å². The van der Waals surface area contributed by atoms with E-state index in [-0.39, 0.29) is 27.9 Å². The number of nitrogens with one attached hydrogen (secondary N) is 2. The summed E-state index contributed by atoms with van der Waals surface area (Å²) in [7, 11) is -2.16. The van der Waals surface area contributed by atoms with Gasteiger partial charge in [0.2, 0.25) is 21.8 Å². The molecule has 1 unspecified atom stereocenters. The van der Waals surface area contributed by atoms with Gasteiger partial charge >= 0.3 is 0 Å². The van der Waals surface area contributed by atoms with Crippen molar-refractivity contribution in [2.24, 2.45) is 0 Å². The number of methoxy groups -OCH3 is 1. The van der Waals surface area contributed by atoms with E-state index in [2.05, 4.69) is 10.6 Å². The van der Waals surface area contributed by atoms with Gasteiger partial charge in [-0.1, -0.05) is 37.6 Å². The van der Waals surface area contributed by atoms with E-state index in [1.807, 2.05) is 0 Å². The summed E-state index contributed by atoms with van der Waals surface area (Å²) in [6.07, 6.45) is -0.0741. The average molecular weight is 482 g/mol. The Kier molecular flexibility index (Phi) is 9.06. The minimum Gasteiger partial charge on any atom is -0.497 e. The Morgan fingerprint density at radius 1 is 1.09 bits per heavy atom. The molecule has 0 radical (unpaired) electrons. The first-order valence-corrected chi connectivity index (χ1v) is 11.9. The smallest absolute Gasteiger partial charge is 0.243 e. The van der Waals surface area contributed by atoms with Crippen LogP contribution < -0.4 is 15.4 Å². The summed E-state index contributed by atoms with van der Waals surface area (Å²) in [5.74, 6) is -0.0689. The molecule has 0 saturated heterocycles. The Hall–Kier alpha value is -2.62. The molecule has 8 nitrogen and oxygen atoms in total. The Morgan fingerprint density at radius 3 is 2.25 bits per heavy atom. The topological polar surface area (TPSA) is 105 Å². The fourth-order valence-electron chi connectivity index (χ4n) is 3.19. The second kappa shape index (κ2) is 11.3. The summed E-state index contributed by atoms with van der Waals surface area (Å²) in [6, 6.07) is 10.6. The van der Waals surface area contributed by atoms with Crippen LogP contribution in [-0.2, 0) is 19.6 Å². The molecule has 0 spiro atoms. The predicted molar refractivity (Wildman–Crippen MR) is 124 cm³/mol. The van der Waals surface area contributed by atoms with Crippen molar-refractivity contribution < 1.29 is 22.7 Å². The van der Waals surface area contributed by atoms with E-state index in [0.29, 0.717) is 18.8 Å². The third-order valence-electron chi connectivity index (χ3n) is 4.84.